The molecule has 1 atom stereocenters. The normalized spacial score (nSPS) is 22.8. The molecule has 1 saturated heterocycles. The van der Waals surface area contributed by atoms with Gasteiger partial charge >= 0.3 is 6.03 Å². The molecule has 1 fully saturated rings. The van der Waals surface area contributed by atoms with E-state index < -0.39 is 5.54 Å². The molecule has 124 valence electrons. The summed E-state index contributed by atoms with van der Waals surface area (Å²) in [4.78, 5) is 28.0. The van der Waals surface area contributed by atoms with Crippen LogP contribution in [0.15, 0.2) is 29.6 Å². The number of hydrogen-bond acceptors (Lipinski definition) is 3. The van der Waals surface area contributed by atoms with Gasteiger partial charge in [-0.15, -0.1) is 11.3 Å². The largest absolute Gasteiger partial charge is 0.325 e. The zero-order valence-corrected chi connectivity index (χ0v) is 15.0. The van der Waals surface area contributed by atoms with Crippen LogP contribution in [0.4, 0.5) is 4.79 Å². The van der Waals surface area contributed by atoms with E-state index >= 15 is 0 Å². The first-order chi connectivity index (χ1) is 11.5. The van der Waals surface area contributed by atoms with Crippen LogP contribution in [0, 0.1) is 0 Å². The summed E-state index contributed by atoms with van der Waals surface area (Å²) in [5.74, 6) is -0.196. The van der Waals surface area contributed by atoms with Gasteiger partial charge in [0.15, 0.2) is 0 Å². The number of imide groups is 1. The van der Waals surface area contributed by atoms with Crippen molar-refractivity contribution in [3.63, 3.8) is 0 Å². The third kappa shape index (κ3) is 2.34. The molecule has 1 aliphatic carbocycles. The van der Waals surface area contributed by atoms with Crippen molar-refractivity contribution < 1.29 is 9.59 Å². The van der Waals surface area contributed by atoms with E-state index in [9.17, 15) is 9.59 Å². The summed E-state index contributed by atoms with van der Waals surface area (Å²) in [5.41, 5.74) is 0.730. The number of amides is 3. The summed E-state index contributed by atoms with van der Waals surface area (Å²) in [6.45, 7) is 0.141. The van der Waals surface area contributed by atoms with Gasteiger partial charge in [-0.25, -0.2) is 4.79 Å². The van der Waals surface area contributed by atoms with Crippen LogP contribution in [0.25, 0.3) is 0 Å². The van der Waals surface area contributed by atoms with E-state index in [0.29, 0.717) is 22.0 Å². The fraction of sp³-hybridized carbons (Fsp3) is 0.294. The zero-order chi connectivity index (χ0) is 16.9. The molecule has 0 radical (unpaired) electrons. The molecule has 7 heteroatoms. The van der Waals surface area contributed by atoms with E-state index in [2.05, 4.69) is 5.32 Å². The van der Waals surface area contributed by atoms with Crippen LogP contribution in [-0.2, 0) is 23.3 Å². The SMILES string of the molecule is O=C1N[C@@]2(CCCc3sccc32)C(=O)N1Cc1ccc(Cl)cc1Cl. The molecular weight excluding hydrogens is 367 g/mol. The Hall–Kier alpha value is -1.56. The summed E-state index contributed by atoms with van der Waals surface area (Å²) in [6, 6.07) is 6.65. The number of halogens is 2. The lowest BCUT2D eigenvalue weighted by molar-refractivity contribution is -0.132. The lowest BCUT2D eigenvalue weighted by Gasteiger charge is -2.31. The van der Waals surface area contributed by atoms with Crippen LogP contribution in [0.2, 0.25) is 10.0 Å². The van der Waals surface area contributed by atoms with Gasteiger partial charge in [0.1, 0.15) is 5.54 Å². The second-order valence-corrected chi connectivity index (χ2v) is 7.92. The van der Waals surface area contributed by atoms with Crippen molar-refractivity contribution in [1.29, 1.82) is 0 Å². The summed E-state index contributed by atoms with van der Waals surface area (Å²) in [6.07, 6.45) is 2.47. The number of hydrogen-bond donors (Lipinski definition) is 1. The average Bonchev–Trinajstić information content (AvgIpc) is 3.10. The Morgan fingerprint density at radius 2 is 2.08 bits per heavy atom. The lowest BCUT2D eigenvalue weighted by atomic mass is 9.80. The standard InChI is InChI=1S/C17H14Cl2N2O2S/c18-11-4-3-10(13(19)8-11)9-21-15(22)17(20-16(21)23)6-1-2-14-12(17)5-7-24-14/h3-5,7-8H,1-2,6,9H2,(H,20,23)/t17-/m1/s1. The predicted octanol–water partition coefficient (Wildman–Crippen LogP) is 4.34. The lowest BCUT2D eigenvalue weighted by Crippen LogP contribution is -2.46. The van der Waals surface area contributed by atoms with Gasteiger partial charge in [0.05, 0.1) is 6.54 Å². The van der Waals surface area contributed by atoms with Gasteiger partial charge in [0.2, 0.25) is 0 Å². The molecule has 1 aromatic heterocycles. The van der Waals surface area contributed by atoms with Gasteiger partial charge in [-0.1, -0.05) is 29.3 Å². The highest BCUT2D eigenvalue weighted by Gasteiger charge is 2.54. The van der Waals surface area contributed by atoms with E-state index in [1.165, 1.54) is 9.78 Å². The van der Waals surface area contributed by atoms with Crippen LogP contribution in [0.3, 0.4) is 0 Å². The summed E-state index contributed by atoms with van der Waals surface area (Å²) >= 11 is 13.7. The fourth-order valence-electron chi connectivity index (χ4n) is 3.51. The maximum atomic E-state index is 13.1. The van der Waals surface area contributed by atoms with Crippen molar-refractivity contribution in [3.8, 4) is 0 Å². The Labute approximate surface area is 153 Å². The first-order valence-corrected chi connectivity index (χ1v) is 9.30. The van der Waals surface area contributed by atoms with E-state index in [1.54, 1.807) is 29.5 Å². The van der Waals surface area contributed by atoms with Crippen LogP contribution < -0.4 is 5.32 Å². The first kappa shape index (κ1) is 15.9. The Morgan fingerprint density at radius 3 is 2.88 bits per heavy atom. The Bertz CT molecular complexity index is 851. The van der Waals surface area contributed by atoms with Crippen LogP contribution in [-0.4, -0.2) is 16.8 Å². The number of urea groups is 1. The van der Waals surface area contributed by atoms with E-state index in [1.807, 2.05) is 11.4 Å². The maximum absolute atomic E-state index is 13.1. The van der Waals surface area contributed by atoms with Crippen LogP contribution >= 0.6 is 34.5 Å². The van der Waals surface area contributed by atoms with Gasteiger partial charge in [0.25, 0.3) is 5.91 Å². The van der Waals surface area contributed by atoms with Gasteiger partial charge < -0.3 is 5.32 Å². The van der Waals surface area contributed by atoms with Gasteiger partial charge in [-0.3, -0.25) is 9.69 Å². The minimum absolute atomic E-state index is 0.141. The van der Waals surface area contributed by atoms with Crippen molar-refractivity contribution in [1.82, 2.24) is 10.2 Å². The molecule has 24 heavy (non-hydrogen) atoms. The molecule has 1 spiro atoms. The molecular formula is C17H14Cl2N2O2S. The zero-order valence-electron chi connectivity index (χ0n) is 12.6. The minimum Gasteiger partial charge on any atom is -0.319 e. The number of carbonyl (C=O) groups excluding carboxylic acids is 2. The van der Waals surface area contributed by atoms with Crippen molar-refractivity contribution in [2.75, 3.05) is 0 Å². The molecule has 1 aromatic carbocycles. The number of rotatable bonds is 2. The summed E-state index contributed by atoms with van der Waals surface area (Å²) < 4.78 is 0. The molecule has 0 unspecified atom stereocenters. The molecule has 0 saturated carbocycles. The van der Waals surface area contributed by atoms with E-state index in [0.717, 1.165) is 18.4 Å². The maximum Gasteiger partial charge on any atom is 0.325 e. The van der Waals surface area contributed by atoms with E-state index in [-0.39, 0.29) is 18.5 Å². The third-order valence-electron chi connectivity index (χ3n) is 4.68. The minimum atomic E-state index is -0.913. The summed E-state index contributed by atoms with van der Waals surface area (Å²) in [7, 11) is 0. The smallest absolute Gasteiger partial charge is 0.319 e. The average molecular weight is 381 g/mol. The molecule has 4 nitrogen and oxygen atoms in total. The number of benzene rings is 1. The number of thiophene rings is 1. The molecule has 2 aromatic rings. The second-order valence-electron chi connectivity index (χ2n) is 6.07. The highest BCUT2D eigenvalue weighted by atomic mass is 35.5. The number of aryl methyl sites for hydroxylation is 1. The van der Waals surface area contributed by atoms with E-state index in [4.69, 9.17) is 23.2 Å². The molecule has 3 amide bonds. The number of nitrogens with one attached hydrogen (secondary N) is 1. The molecule has 2 heterocycles. The van der Waals surface area contributed by atoms with Crippen molar-refractivity contribution >= 4 is 46.5 Å². The molecule has 2 aliphatic rings. The summed E-state index contributed by atoms with van der Waals surface area (Å²) in [5, 5.41) is 5.89. The molecule has 1 N–H and O–H groups in total. The molecule has 1 aliphatic heterocycles. The Kier molecular flexibility index (Phi) is 3.82. The Balaban J connectivity index is 1.68. The van der Waals surface area contributed by atoms with Gasteiger partial charge in [-0.2, -0.15) is 0 Å². The van der Waals surface area contributed by atoms with Gasteiger partial charge in [0, 0.05) is 20.5 Å². The monoisotopic (exact) mass is 380 g/mol. The quantitative estimate of drug-likeness (QED) is 0.787. The highest BCUT2D eigenvalue weighted by Crippen LogP contribution is 2.42. The topological polar surface area (TPSA) is 49.4 Å². The van der Waals surface area contributed by atoms with Crippen molar-refractivity contribution in [2.45, 2.75) is 31.3 Å². The second kappa shape index (κ2) is 5.76. The Morgan fingerprint density at radius 1 is 1.25 bits per heavy atom. The van der Waals surface area contributed by atoms with Crippen molar-refractivity contribution in [3.05, 3.63) is 55.7 Å². The third-order valence-corrected chi connectivity index (χ3v) is 6.25. The highest BCUT2D eigenvalue weighted by molar-refractivity contribution is 7.10. The number of nitrogens with zero attached hydrogens (tertiary/aromatic N) is 1. The first-order valence-electron chi connectivity index (χ1n) is 7.66. The molecule has 0 bridgehead atoms. The van der Waals surface area contributed by atoms with Crippen LogP contribution in [0.5, 0.6) is 0 Å². The van der Waals surface area contributed by atoms with Crippen molar-refractivity contribution in [2.24, 2.45) is 0 Å². The predicted molar refractivity (Wildman–Crippen MR) is 94.5 cm³/mol. The fourth-order valence-corrected chi connectivity index (χ4v) is 4.97. The van der Waals surface area contributed by atoms with Crippen LogP contribution in [0.1, 0.15) is 28.8 Å². The van der Waals surface area contributed by atoms with Gasteiger partial charge in [-0.05, 0) is 48.4 Å². The molecule has 4 rings (SSSR count). The number of carbonyl (C=O) groups is 2. The number of fused-ring (bicyclic) bond motifs is 2.